The van der Waals surface area contributed by atoms with Crippen molar-refractivity contribution in [2.75, 3.05) is 0 Å². The van der Waals surface area contributed by atoms with Crippen molar-refractivity contribution in [1.29, 1.82) is 0 Å². The van der Waals surface area contributed by atoms with Crippen LogP contribution in [0.2, 0.25) is 0 Å². The lowest BCUT2D eigenvalue weighted by Crippen LogP contribution is -2.25. The molecule has 0 radical (unpaired) electrons. The maximum Gasteiger partial charge on any atom is 0.0555 e. The Morgan fingerprint density at radius 1 is 1.14 bits per heavy atom. The van der Waals surface area contributed by atoms with E-state index in [0.29, 0.717) is 0 Å². The Kier molecular flexibility index (Phi) is 8.20. The molecule has 2 nitrogen and oxygen atoms in total. The van der Waals surface area contributed by atoms with E-state index < -0.39 is 0 Å². The van der Waals surface area contributed by atoms with Crippen molar-refractivity contribution < 1.29 is 5.11 Å². The average Bonchev–Trinajstić information content (AvgIpc) is 2.03. The molecule has 2 heteroatoms. The summed E-state index contributed by atoms with van der Waals surface area (Å²) < 4.78 is 0. The second kappa shape index (κ2) is 8.25. The number of aliphatic hydroxyl groups is 1. The van der Waals surface area contributed by atoms with Crippen molar-refractivity contribution in [2.24, 2.45) is 11.7 Å². The second-order valence-electron chi connectivity index (χ2n) is 4.76. The molecule has 0 saturated carbocycles. The van der Waals surface area contributed by atoms with Gasteiger partial charge in [-0.1, -0.05) is 40.0 Å². The number of aliphatic hydroxyl groups excluding tert-OH is 1. The van der Waals surface area contributed by atoms with E-state index in [1.807, 2.05) is 0 Å². The van der Waals surface area contributed by atoms with Gasteiger partial charge in [0.25, 0.3) is 0 Å². The second-order valence-corrected chi connectivity index (χ2v) is 4.76. The molecule has 86 valence electrons. The van der Waals surface area contributed by atoms with Crippen molar-refractivity contribution in [3.05, 3.63) is 0 Å². The van der Waals surface area contributed by atoms with Crippen molar-refractivity contribution in [3.8, 4) is 0 Å². The standard InChI is InChI=1S/C12H27NO/c1-4-6-11(13)9-12(14)8-5-7-10(2)3/h10-12,14H,4-9,13H2,1-3H3. The van der Waals surface area contributed by atoms with Crippen LogP contribution in [0.25, 0.3) is 0 Å². The molecule has 0 aromatic rings. The Morgan fingerprint density at radius 3 is 2.29 bits per heavy atom. The lowest BCUT2D eigenvalue weighted by molar-refractivity contribution is 0.140. The van der Waals surface area contributed by atoms with E-state index in [2.05, 4.69) is 20.8 Å². The van der Waals surface area contributed by atoms with Crippen molar-refractivity contribution in [1.82, 2.24) is 0 Å². The summed E-state index contributed by atoms with van der Waals surface area (Å²) in [5.74, 6) is 0.742. The summed E-state index contributed by atoms with van der Waals surface area (Å²) >= 11 is 0. The van der Waals surface area contributed by atoms with Crippen LogP contribution in [0.15, 0.2) is 0 Å². The first kappa shape index (κ1) is 13.9. The first-order valence-electron chi connectivity index (χ1n) is 5.99. The van der Waals surface area contributed by atoms with E-state index >= 15 is 0 Å². The fourth-order valence-corrected chi connectivity index (χ4v) is 1.72. The lowest BCUT2D eigenvalue weighted by atomic mass is 9.99. The minimum atomic E-state index is -0.185. The fraction of sp³-hybridized carbons (Fsp3) is 1.00. The van der Waals surface area contributed by atoms with Gasteiger partial charge >= 0.3 is 0 Å². The topological polar surface area (TPSA) is 46.2 Å². The predicted molar refractivity (Wildman–Crippen MR) is 62.2 cm³/mol. The van der Waals surface area contributed by atoms with Crippen LogP contribution in [0.1, 0.15) is 59.3 Å². The molecule has 0 spiro atoms. The van der Waals surface area contributed by atoms with Gasteiger partial charge in [0, 0.05) is 6.04 Å². The summed E-state index contributed by atoms with van der Waals surface area (Å²) in [6, 6.07) is 0.189. The Balaban J connectivity index is 3.39. The van der Waals surface area contributed by atoms with Gasteiger partial charge in [-0.15, -0.1) is 0 Å². The van der Waals surface area contributed by atoms with Crippen molar-refractivity contribution in [2.45, 2.75) is 71.4 Å². The first-order chi connectivity index (χ1) is 6.56. The molecule has 0 amide bonds. The number of rotatable bonds is 8. The Bertz CT molecular complexity index is 125. The smallest absolute Gasteiger partial charge is 0.0555 e. The van der Waals surface area contributed by atoms with E-state index in [1.165, 1.54) is 6.42 Å². The largest absolute Gasteiger partial charge is 0.393 e. The normalized spacial score (nSPS) is 15.9. The first-order valence-corrected chi connectivity index (χ1v) is 5.99. The van der Waals surface area contributed by atoms with Crippen molar-refractivity contribution in [3.63, 3.8) is 0 Å². The molecule has 2 atom stereocenters. The van der Waals surface area contributed by atoms with Crippen molar-refractivity contribution >= 4 is 0 Å². The molecule has 14 heavy (non-hydrogen) atoms. The molecule has 0 aromatic heterocycles. The third kappa shape index (κ3) is 8.52. The van der Waals surface area contributed by atoms with Gasteiger partial charge < -0.3 is 10.8 Å². The highest BCUT2D eigenvalue weighted by molar-refractivity contribution is 4.67. The van der Waals surface area contributed by atoms with E-state index in [4.69, 9.17) is 5.73 Å². The minimum Gasteiger partial charge on any atom is -0.393 e. The molecule has 0 aliphatic heterocycles. The van der Waals surface area contributed by atoms with Crippen LogP contribution in [-0.4, -0.2) is 17.3 Å². The van der Waals surface area contributed by atoms with E-state index in [-0.39, 0.29) is 12.1 Å². The predicted octanol–water partition coefficient (Wildman–Crippen LogP) is 2.69. The quantitative estimate of drug-likeness (QED) is 0.634. The molecule has 0 aliphatic rings. The maximum absolute atomic E-state index is 9.68. The molecule has 0 heterocycles. The van der Waals surface area contributed by atoms with Crippen LogP contribution in [0, 0.1) is 5.92 Å². The maximum atomic E-state index is 9.68. The lowest BCUT2D eigenvalue weighted by Gasteiger charge is -2.16. The monoisotopic (exact) mass is 201 g/mol. The highest BCUT2D eigenvalue weighted by atomic mass is 16.3. The van der Waals surface area contributed by atoms with Gasteiger partial charge in [-0.2, -0.15) is 0 Å². The Labute approximate surface area is 88.9 Å². The molecule has 0 aliphatic carbocycles. The van der Waals surface area contributed by atoms with Crippen LogP contribution in [-0.2, 0) is 0 Å². The van der Waals surface area contributed by atoms with Crippen LogP contribution in [0.5, 0.6) is 0 Å². The van der Waals surface area contributed by atoms with Gasteiger partial charge in [-0.3, -0.25) is 0 Å². The summed E-state index contributed by atoms with van der Waals surface area (Å²) in [5.41, 5.74) is 5.86. The van der Waals surface area contributed by atoms with Crippen LogP contribution < -0.4 is 5.73 Å². The molecule has 0 aromatic carbocycles. The number of nitrogens with two attached hydrogens (primary N) is 1. The number of hydrogen-bond donors (Lipinski definition) is 2. The zero-order valence-corrected chi connectivity index (χ0v) is 10.00. The molecule has 0 bridgehead atoms. The summed E-state index contributed by atoms with van der Waals surface area (Å²) in [6.07, 6.45) is 5.97. The summed E-state index contributed by atoms with van der Waals surface area (Å²) in [5, 5.41) is 9.68. The van der Waals surface area contributed by atoms with Crippen LogP contribution >= 0.6 is 0 Å². The average molecular weight is 201 g/mol. The summed E-state index contributed by atoms with van der Waals surface area (Å²) in [7, 11) is 0. The van der Waals surface area contributed by atoms with Gasteiger partial charge in [-0.05, 0) is 25.2 Å². The molecule has 2 unspecified atom stereocenters. The van der Waals surface area contributed by atoms with Gasteiger partial charge in [0.2, 0.25) is 0 Å². The SMILES string of the molecule is CCCC(N)CC(O)CCCC(C)C. The van der Waals surface area contributed by atoms with E-state index in [0.717, 1.165) is 38.0 Å². The highest BCUT2D eigenvalue weighted by Crippen LogP contribution is 2.12. The third-order valence-corrected chi connectivity index (χ3v) is 2.55. The van der Waals surface area contributed by atoms with Gasteiger partial charge in [0.05, 0.1) is 6.10 Å². The fourth-order valence-electron chi connectivity index (χ4n) is 1.72. The van der Waals surface area contributed by atoms with Crippen LogP contribution in [0.4, 0.5) is 0 Å². The molecule has 0 fully saturated rings. The molecule has 0 saturated heterocycles. The van der Waals surface area contributed by atoms with Gasteiger partial charge in [0.1, 0.15) is 0 Å². The Morgan fingerprint density at radius 2 is 1.79 bits per heavy atom. The van der Waals surface area contributed by atoms with E-state index in [9.17, 15) is 5.11 Å². The minimum absolute atomic E-state index is 0.185. The Hall–Kier alpha value is -0.0800. The zero-order chi connectivity index (χ0) is 11.0. The van der Waals surface area contributed by atoms with E-state index in [1.54, 1.807) is 0 Å². The molecule has 3 N–H and O–H groups in total. The zero-order valence-electron chi connectivity index (χ0n) is 10.00. The molecular weight excluding hydrogens is 174 g/mol. The summed E-state index contributed by atoms with van der Waals surface area (Å²) in [6.45, 7) is 6.56. The highest BCUT2D eigenvalue weighted by Gasteiger charge is 2.09. The molecule has 0 rings (SSSR count). The van der Waals surface area contributed by atoms with Gasteiger partial charge in [0.15, 0.2) is 0 Å². The number of hydrogen-bond acceptors (Lipinski definition) is 2. The van der Waals surface area contributed by atoms with Gasteiger partial charge in [-0.25, -0.2) is 0 Å². The third-order valence-electron chi connectivity index (χ3n) is 2.55. The van der Waals surface area contributed by atoms with Crippen LogP contribution in [0.3, 0.4) is 0 Å². The molecular formula is C12H27NO. The summed E-state index contributed by atoms with van der Waals surface area (Å²) in [4.78, 5) is 0.